The van der Waals surface area contributed by atoms with Crippen molar-refractivity contribution in [2.75, 3.05) is 0 Å². The summed E-state index contributed by atoms with van der Waals surface area (Å²) < 4.78 is 16.0. The zero-order valence-electron chi connectivity index (χ0n) is 12.1. The standard InChI is InChI=1S/C18H19FN2/c1-13(20)10-15-12-21(18-9-5-3-7-16(15)18)11-14-6-2-4-8-17(14)19/h2-9,12-13H,10-11,20H2,1H3. The van der Waals surface area contributed by atoms with Crippen LogP contribution < -0.4 is 5.73 Å². The Hall–Kier alpha value is -2.13. The van der Waals surface area contributed by atoms with Crippen LogP contribution in [0, 0.1) is 5.82 Å². The molecule has 0 saturated carbocycles. The first-order chi connectivity index (χ1) is 10.1. The molecule has 3 rings (SSSR count). The van der Waals surface area contributed by atoms with Crippen molar-refractivity contribution in [2.45, 2.75) is 25.9 Å². The lowest BCUT2D eigenvalue weighted by molar-refractivity contribution is 0.601. The van der Waals surface area contributed by atoms with Gasteiger partial charge in [0.25, 0.3) is 0 Å². The molecule has 0 aliphatic rings. The minimum absolute atomic E-state index is 0.109. The maximum absolute atomic E-state index is 13.9. The summed E-state index contributed by atoms with van der Waals surface area (Å²) in [5, 5.41) is 1.20. The van der Waals surface area contributed by atoms with E-state index in [2.05, 4.69) is 22.9 Å². The van der Waals surface area contributed by atoms with Gasteiger partial charge in [-0.25, -0.2) is 4.39 Å². The Bertz CT molecular complexity index is 759. The average molecular weight is 282 g/mol. The SMILES string of the molecule is CC(N)Cc1cn(Cc2ccccc2F)c2ccccc12. The summed E-state index contributed by atoms with van der Waals surface area (Å²) in [6.45, 7) is 2.54. The van der Waals surface area contributed by atoms with Gasteiger partial charge in [0.1, 0.15) is 5.82 Å². The second kappa shape index (κ2) is 5.70. The summed E-state index contributed by atoms with van der Waals surface area (Å²) in [6.07, 6.45) is 2.92. The highest BCUT2D eigenvalue weighted by atomic mass is 19.1. The molecule has 0 saturated heterocycles. The summed E-state index contributed by atoms with van der Waals surface area (Å²) in [6, 6.07) is 15.2. The van der Waals surface area contributed by atoms with Crippen molar-refractivity contribution < 1.29 is 4.39 Å². The number of rotatable bonds is 4. The highest BCUT2D eigenvalue weighted by molar-refractivity contribution is 5.84. The van der Waals surface area contributed by atoms with Crippen LogP contribution in [-0.2, 0) is 13.0 Å². The van der Waals surface area contributed by atoms with Gasteiger partial charge in [-0.1, -0.05) is 36.4 Å². The van der Waals surface area contributed by atoms with Gasteiger partial charge in [-0.3, -0.25) is 0 Å². The first-order valence-electron chi connectivity index (χ1n) is 7.21. The maximum Gasteiger partial charge on any atom is 0.128 e. The van der Waals surface area contributed by atoms with Crippen LogP contribution in [0.3, 0.4) is 0 Å². The summed E-state index contributed by atoms with van der Waals surface area (Å²) in [4.78, 5) is 0. The third kappa shape index (κ3) is 2.83. The summed E-state index contributed by atoms with van der Waals surface area (Å²) in [7, 11) is 0. The molecular formula is C18H19FN2. The first kappa shape index (κ1) is 13.8. The van der Waals surface area contributed by atoms with E-state index in [0.29, 0.717) is 12.1 Å². The fourth-order valence-corrected chi connectivity index (χ4v) is 2.77. The zero-order valence-corrected chi connectivity index (χ0v) is 12.1. The number of nitrogens with two attached hydrogens (primary N) is 1. The van der Waals surface area contributed by atoms with E-state index in [9.17, 15) is 4.39 Å². The quantitative estimate of drug-likeness (QED) is 0.777. The molecule has 0 radical (unpaired) electrons. The number of aromatic nitrogens is 1. The van der Waals surface area contributed by atoms with Crippen molar-refractivity contribution in [3.63, 3.8) is 0 Å². The molecule has 2 nitrogen and oxygen atoms in total. The first-order valence-corrected chi connectivity index (χ1v) is 7.21. The van der Waals surface area contributed by atoms with E-state index < -0.39 is 0 Å². The number of fused-ring (bicyclic) bond motifs is 1. The Kier molecular flexibility index (Phi) is 3.76. The smallest absolute Gasteiger partial charge is 0.128 e. The predicted molar refractivity (Wildman–Crippen MR) is 84.8 cm³/mol. The van der Waals surface area contributed by atoms with E-state index in [0.717, 1.165) is 11.9 Å². The van der Waals surface area contributed by atoms with E-state index in [1.165, 1.54) is 17.0 Å². The second-order valence-electron chi connectivity index (χ2n) is 5.57. The fourth-order valence-electron chi connectivity index (χ4n) is 2.77. The Morgan fingerprint density at radius 2 is 1.76 bits per heavy atom. The number of hydrogen-bond donors (Lipinski definition) is 1. The molecule has 2 aromatic carbocycles. The summed E-state index contributed by atoms with van der Waals surface area (Å²) in [5.41, 5.74) is 8.97. The topological polar surface area (TPSA) is 30.9 Å². The molecule has 0 aliphatic carbocycles. The average Bonchev–Trinajstić information content (AvgIpc) is 2.79. The third-order valence-corrected chi connectivity index (χ3v) is 3.71. The number of para-hydroxylation sites is 1. The van der Waals surface area contributed by atoms with E-state index in [-0.39, 0.29) is 11.9 Å². The molecule has 0 fully saturated rings. The maximum atomic E-state index is 13.9. The van der Waals surface area contributed by atoms with Crippen molar-refractivity contribution >= 4 is 10.9 Å². The van der Waals surface area contributed by atoms with Crippen molar-refractivity contribution in [1.82, 2.24) is 4.57 Å². The molecule has 1 unspecified atom stereocenters. The van der Waals surface area contributed by atoms with E-state index in [1.807, 2.05) is 31.2 Å². The Labute approximate surface area is 124 Å². The second-order valence-corrected chi connectivity index (χ2v) is 5.57. The van der Waals surface area contributed by atoms with Crippen LogP contribution in [0.1, 0.15) is 18.1 Å². The van der Waals surface area contributed by atoms with Crippen LogP contribution in [0.5, 0.6) is 0 Å². The largest absolute Gasteiger partial charge is 0.343 e. The van der Waals surface area contributed by atoms with Crippen LogP contribution in [0.2, 0.25) is 0 Å². The number of halogens is 1. The van der Waals surface area contributed by atoms with Gasteiger partial charge in [-0.2, -0.15) is 0 Å². The molecule has 1 aromatic heterocycles. The molecule has 0 spiro atoms. The highest BCUT2D eigenvalue weighted by Gasteiger charge is 2.11. The van der Waals surface area contributed by atoms with Gasteiger partial charge in [0.05, 0.1) is 6.54 Å². The molecule has 1 atom stereocenters. The summed E-state index contributed by atoms with van der Waals surface area (Å²) >= 11 is 0. The number of benzene rings is 2. The van der Waals surface area contributed by atoms with E-state index >= 15 is 0 Å². The highest BCUT2D eigenvalue weighted by Crippen LogP contribution is 2.23. The van der Waals surface area contributed by atoms with Gasteiger partial charge in [-0.15, -0.1) is 0 Å². The van der Waals surface area contributed by atoms with Crippen LogP contribution in [0.4, 0.5) is 4.39 Å². The monoisotopic (exact) mass is 282 g/mol. The lowest BCUT2D eigenvalue weighted by atomic mass is 10.1. The van der Waals surface area contributed by atoms with Gasteiger partial charge in [0.15, 0.2) is 0 Å². The third-order valence-electron chi connectivity index (χ3n) is 3.71. The molecule has 2 N–H and O–H groups in total. The van der Waals surface area contributed by atoms with Crippen molar-refractivity contribution in [3.05, 3.63) is 71.7 Å². The molecule has 21 heavy (non-hydrogen) atoms. The molecule has 0 bridgehead atoms. The van der Waals surface area contributed by atoms with Crippen LogP contribution >= 0.6 is 0 Å². The lowest BCUT2D eigenvalue weighted by Gasteiger charge is -2.06. The molecule has 0 aliphatic heterocycles. The number of hydrogen-bond acceptors (Lipinski definition) is 1. The van der Waals surface area contributed by atoms with Crippen molar-refractivity contribution in [1.29, 1.82) is 0 Å². The van der Waals surface area contributed by atoms with Crippen LogP contribution in [0.15, 0.2) is 54.7 Å². The minimum atomic E-state index is -0.163. The van der Waals surface area contributed by atoms with Crippen LogP contribution in [0.25, 0.3) is 10.9 Å². The molecule has 0 amide bonds. The van der Waals surface area contributed by atoms with Gasteiger partial charge >= 0.3 is 0 Å². The van der Waals surface area contributed by atoms with E-state index in [1.54, 1.807) is 6.07 Å². The normalized spacial score (nSPS) is 12.7. The minimum Gasteiger partial charge on any atom is -0.343 e. The van der Waals surface area contributed by atoms with Gasteiger partial charge < -0.3 is 10.3 Å². The predicted octanol–water partition coefficient (Wildman–Crippen LogP) is 3.72. The Balaban J connectivity index is 2.04. The lowest BCUT2D eigenvalue weighted by Crippen LogP contribution is -2.17. The fraction of sp³-hybridized carbons (Fsp3) is 0.222. The zero-order chi connectivity index (χ0) is 14.8. The van der Waals surface area contributed by atoms with Crippen LogP contribution in [-0.4, -0.2) is 10.6 Å². The van der Waals surface area contributed by atoms with Gasteiger partial charge in [0.2, 0.25) is 0 Å². The van der Waals surface area contributed by atoms with Gasteiger partial charge in [-0.05, 0) is 31.0 Å². The molecule has 1 heterocycles. The van der Waals surface area contributed by atoms with Crippen molar-refractivity contribution in [2.24, 2.45) is 5.73 Å². The van der Waals surface area contributed by atoms with Gasteiger partial charge in [0, 0.05) is 28.7 Å². The van der Waals surface area contributed by atoms with E-state index in [4.69, 9.17) is 5.73 Å². The molecule has 3 heteroatoms. The summed E-state index contributed by atoms with van der Waals surface area (Å²) in [5.74, 6) is -0.163. The molecular weight excluding hydrogens is 263 g/mol. The Morgan fingerprint density at radius 1 is 1.05 bits per heavy atom. The number of nitrogens with zero attached hydrogens (tertiary/aromatic N) is 1. The van der Waals surface area contributed by atoms with Crippen molar-refractivity contribution in [3.8, 4) is 0 Å². The molecule has 3 aromatic rings. The Morgan fingerprint density at radius 3 is 2.52 bits per heavy atom. The molecule has 108 valence electrons.